The summed E-state index contributed by atoms with van der Waals surface area (Å²) in [5.41, 5.74) is -0.974. The van der Waals surface area contributed by atoms with Crippen molar-refractivity contribution >= 4 is 40.5 Å². The van der Waals surface area contributed by atoms with Crippen molar-refractivity contribution in [1.29, 1.82) is 0 Å². The van der Waals surface area contributed by atoms with Crippen molar-refractivity contribution in [3.8, 4) is 67.9 Å². The molecule has 9 rings (SSSR count). The molecule has 0 N–H and O–H groups in total. The molecule has 3 heterocycles. The zero-order chi connectivity index (χ0) is 58.8. The van der Waals surface area contributed by atoms with Crippen LogP contribution in [0.4, 0.5) is 13.2 Å². The Balaban J connectivity index is 1.23. The highest BCUT2D eigenvalue weighted by atomic mass is 31.2. The minimum absolute atomic E-state index is 0.0266. The molecule has 0 spiro atoms. The Hall–Kier alpha value is -8.35. The van der Waals surface area contributed by atoms with E-state index in [4.69, 9.17) is 42.0 Å². The second-order valence-electron chi connectivity index (χ2n) is 19.0. The Morgan fingerprint density at radius 1 is 0.373 bits per heavy atom. The third-order valence-electron chi connectivity index (χ3n) is 13.3. The summed E-state index contributed by atoms with van der Waals surface area (Å²) < 4.78 is 123. The topological polar surface area (TPSA) is 166 Å². The first-order valence-corrected chi connectivity index (χ1v) is 28.9. The van der Waals surface area contributed by atoms with Crippen molar-refractivity contribution in [3.05, 3.63) is 176 Å². The van der Waals surface area contributed by atoms with Crippen LogP contribution in [-0.2, 0) is 38.3 Å². The van der Waals surface area contributed by atoms with Crippen molar-refractivity contribution in [3.63, 3.8) is 0 Å². The van der Waals surface area contributed by atoms with E-state index < -0.39 is 61.8 Å². The van der Waals surface area contributed by atoms with Gasteiger partial charge in [0.05, 0.1) is 72.4 Å². The van der Waals surface area contributed by atoms with Crippen LogP contribution in [-0.4, -0.2) is 53.3 Å². The summed E-state index contributed by atoms with van der Waals surface area (Å²) in [6.07, 6.45) is 5.85. The minimum Gasteiger partial charge on any atom is -0.494 e. The summed E-state index contributed by atoms with van der Waals surface area (Å²) in [5.74, 6) is -0.750. The molecule has 0 aliphatic heterocycles. The van der Waals surface area contributed by atoms with Gasteiger partial charge in [-0.15, -0.1) is 0 Å². The predicted molar refractivity (Wildman–Crippen MR) is 313 cm³/mol. The molecule has 6 aromatic carbocycles. The van der Waals surface area contributed by atoms with Gasteiger partial charge >= 0.3 is 7.82 Å². The van der Waals surface area contributed by atoms with Gasteiger partial charge in [0.1, 0.15) is 72.1 Å². The molecular formula is C63H63F3N3O13P. The SMILES string of the molecule is CCCOc1ccc(F)c2c(=O)c(-c3ccc(OCC)cc3)cn(COP(=O)(OCn3cc(-c4ccc(OCC)cc4)c(=O)c4c(F)ccc(OCCC)c43)OCn3cc(-c4ccc(OCC)cc4)c(=O)c4c(F)ccc(OCCC)c43)c12. The van der Waals surface area contributed by atoms with E-state index in [0.717, 1.165) is 18.2 Å². The molecule has 83 heavy (non-hydrogen) atoms. The Bertz CT molecular complexity index is 3610. The van der Waals surface area contributed by atoms with Crippen LogP contribution in [0.25, 0.3) is 66.1 Å². The van der Waals surface area contributed by atoms with Crippen LogP contribution in [0.2, 0.25) is 0 Å². The van der Waals surface area contributed by atoms with E-state index in [9.17, 15) is 14.4 Å². The van der Waals surface area contributed by atoms with Crippen molar-refractivity contribution in [1.82, 2.24) is 13.7 Å². The number of phosphoric acid groups is 1. The normalized spacial score (nSPS) is 11.6. The maximum atomic E-state index is 16.3. The first-order valence-electron chi connectivity index (χ1n) is 27.4. The van der Waals surface area contributed by atoms with Gasteiger partial charge in [-0.05, 0) is 130 Å². The molecule has 0 unspecified atom stereocenters. The van der Waals surface area contributed by atoms with Crippen LogP contribution in [0.5, 0.6) is 34.5 Å². The van der Waals surface area contributed by atoms with Gasteiger partial charge in [-0.2, -0.15) is 0 Å². The van der Waals surface area contributed by atoms with Gasteiger partial charge in [0.2, 0.25) is 0 Å². The summed E-state index contributed by atoms with van der Waals surface area (Å²) in [4.78, 5) is 43.5. The van der Waals surface area contributed by atoms with Gasteiger partial charge in [-0.1, -0.05) is 57.2 Å². The lowest BCUT2D eigenvalue weighted by molar-refractivity contribution is 0.0560. The largest absolute Gasteiger partial charge is 0.494 e. The van der Waals surface area contributed by atoms with Crippen molar-refractivity contribution < 1.29 is 59.7 Å². The van der Waals surface area contributed by atoms with Gasteiger partial charge in [-0.25, -0.2) is 17.7 Å². The van der Waals surface area contributed by atoms with E-state index in [1.807, 2.05) is 41.5 Å². The summed E-state index contributed by atoms with van der Waals surface area (Å²) in [5, 5.41) is -1.09. The van der Waals surface area contributed by atoms with Crippen LogP contribution < -0.4 is 44.7 Å². The van der Waals surface area contributed by atoms with E-state index in [1.165, 1.54) is 50.5 Å². The maximum absolute atomic E-state index is 16.3. The number of phosphoric ester groups is 1. The number of pyridine rings is 3. The highest BCUT2D eigenvalue weighted by Gasteiger charge is 2.31. The molecule has 0 aliphatic carbocycles. The number of hydrogen-bond donors (Lipinski definition) is 0. The smallest absolute Gasteiger partial charge is 0.480 e. The van der Waals surface area contributed by atoms with Gasteiger partial charge in [0.15, 0.2) is 16.3 Å². The Labute approximate surface area is 476 Å². The van der Waals surface area contributed by atoms with Gasteiger partial charge < -0.3 is 42.1 Å². The maximum Gasteiger partial charge on any atom is 0.480 e. The molecule has 3 aromatic heterocycles. The zero-order valence-corrected chi connectivity index (χ0v) is 47.7. The van der Waals surface area contributed by atoms with E-state index in [0.29, 0.717) is 73.0 Å². The van der Waals surface area contributed by atoms with Crippen molar-refractivity contribution in [2.24, 2.45) is 0 Å². The Morgan fingerprint density at radius 2 is 0.639 bits per heavy atom. The van der Waals surface area contributed by atoms with Crippen LogP contribution in [0, 0.1) is 17.5 Å². The fraction of sp³-hybridized carbons (Fsp3) is 0.286. The molecule has 0 saturated carbocycles. The average Bonchev–Trinajstić information content (AvgIpc) is 3.56. The molecule has 0 fully saturated rings. The second-order valence-corrected chi connectivity index (χ2v) is 20.6. The number of rotatable bonds is 27. The molecule has 20 heteroatoms. The monoisotopic (exact) mass is 1160 g/mol. The Morgan fingerprint density at radius 3 is 0.880 bits per heavy atom. The fourth-order valence-electron chi connectivity index (χ4n) is 9.50. The summed E-state index contributed by atoms with van der Waals surface area (Å²) in [7, 11) is -5.18. The lowest BCUT2D eigenvalue weighted by Crippen LogP contribution is -2.19. The van der Waals surface area contributed by atoms with Crippen molar-refractivity contribution in [2.75, 3.05) is 39.6 Å². The van der Waals surface area contributed by atoms with Crippen LogP contribution in [0.3, 0.4) is 0 Å². The van der Waals surface area contributed by atoms with Crippen LogP contribution in [0.1, 0.15) is 60.8 Å². The number of nitrogens with zero attached hydrogens (tertiary/aromatic N) is 3. The zero-order valence-electron chi connectivity index (χ0n) is 46.8. The average molecular weight is 1160 g/mol. The number of ether oxygens (including phenoxy) is 6. The molecule has 16 nitrogen and oxygen atoms in total. The molecule has 0 amide bonds. The van der Waals surface area contributed by atoms with Gasteiger partial charge in [0, 0.05) is 35.3 Å². The molecule has 9 aromatic rings. The summed E-state index contributed by atoms with van der Waals surface area (Å²) >= 11 is 0. The molecule has 0 atom stereocenters. The highest BCUT2D eigenvalue weighted by Crippen LogP contribution is 2.52. The van der Waals surface area contributed by atoms with Crippen LogP contribution >= 0.6 is 7.82 Å². The number of benzene rings is 6. The number of fused-ring (bicyclic) bond motifs is 3. The molecule has 0 saturated heterocycles. The quantitative estimate of drug-likeness (QED) is 0.0447. The predicted octanol–water partition coefficient (Wildman–Crippen LogP) is 14.0. The third-order valence-corrected chi connectivity index (χ3v) is 14.6. The summed E-state index contributed by atoms with van der Waals surface area (Å²) in [6.45, 7) is 10.5. The molecule has 434 valence electrons. The highest BCUT2D eigenvalue weighted by molar-refractivity contribution is 7.48. The number of aromatic nitrogens is 3. The second kappa shape index (κ2) is 26.7. The minimum atomic E-state index is -5.18. The first-order chi connectivity index (χ1) is 40.2. The number of halogens is 3. The lowest BCUT2D eigenvalue weighted by Gasteiger charge is -2.24. The molecule has 0 radical (unpaired) electrons. The Kier molecular flexibility index (Phi) is 19.1. The first kappa shape index (κ1) is 59.3. The molecule has 0 bridgehead atoms. The van der Waals surface area contributed by atoms with E-state index >= 15 is 17.7 Å². The van der Waals surface area contributed by atoms with E-state index in [-0.39, 0.29) is 86.5 Å². The fourth-order valence-corrected chi connectivity index (χ4v) is 10.5. The van der Waals surface area contributed by atoms with E-state index in [2.05, 4.69) is 0 Å². The van der Waals surface area contributed by atoms with E-state index in [1.54, 1.807) is 72.8 Å². The molecular weight excluding hydrogens is 1090 g/mol. The van der Waals surface area contributed by atoms with Crippen LogP contribution in [0.15, 0.2) is 142 Å². The summed E-state index contributed by atoms with van der Waals surface area (Å²) in [6, 6.07) is 27.3. The van der Waals surface area contributed by atoms with Crippen molar-refractivity contribution in [2.45, 2.75) is 81.0 Å². The standard InChI is InChI=1S/C63H63F3N3O13P/c1-7-31-77-52-28-25-49(64)55-58(52)67(34-46(61(55)70)40-13-19-43(20-14-40)74-10-4)37-80-83(73,81-38-68-35-47(41-15-21-44(22-16-41)75-11-5)62(71)56-50(65)26-29-53(59(56)68)78-32-8-2)82-39-69-36-48(42-17-23-45(24-18-42)76-12-6)63(72)57-51(66)27-30-54(60(57)69)79-33-9-3/h13-30,34-36H,7-12,31-33,37-39H2,1-6H3. The van der Waals surface area contributed by atoms with Gasteiger partial charge in [-0.3, -0.25) is 28.0 Å². The number of hydrogen-bond acceptors (Lipinski definition) is 13. The van der Waals surface area contributed by atoms with Gasteiger partial charge in [0.25, 0.3) is 0 Å². The lowest BCUT2D eigenvalue weighted by atomic mass is 10.0. The third kappa shape index (κ3) is 12.8. The molecule has 0 aliphatic rings.